The van der Waals surface area contributed by atoms with Crippen LogP contribution in [0.2, 0.25) is 0 Å². The molecule has 2 aromatic carbocycles. The molecule has 0 amide bonds. The number of hydrogen-bond acceptors (Lipinski definition) is 2. The highest BCUT2D eigenvalue weighted by Gasteiger charge is 2.08. The van der Waals surface area contributed by atoms with Gasteiger partial charge in [-0.05, 0) is 22.4 Å². The van der Waals surface area contributed by atoms with Gasteiger partial charge in [-0.15, -0.1) is 0 Å². The summed E-state index contributed by atoms with van der Waals surface area (Å²) in [7, 11) is 0. The van der Waals surface area contributed by atoms with Crippen molar-refractivity contribution in [2.75, 3.05) is 0 Å². The summed E-state index contributed by atoms with van der Waals surface area (Å²) in [6, 6.07) is 17.5. The van der Waals surface area contributed by atoms with Gasteiger partial charge in [0.25, 0.3) is 0 Å². The maximum absolute atomic E-state index is 8.78. The zero-order valence-corrected chi connectivity index (χ0v) is 8.01. The van der Waals surface area contributed by atoms with E-state index < -0.39 is 5.92 Å². The Labute approximate surface area is 88.0 Å². The first-order chi connectivity index (χ1) is 7.35. The van der Waals surface area contributed by atoms with Crippen LogP contribution in [0.15, 0.2) is 42.5 Å². The second kappa shape index (κ2) is 3.82. The van der Waals surface area contributed by atoms with Crippen LogP contribution in [0.4, 0.5) is 0 Å². The molecule has 70 valence electrons. The minimum absolute atomic E-state index is 0.672. The van der Waals surface area contributed by atoms with Crippen LogP contribution in [0.3, 0.4) is 0 Å². The van der Waals surface area contributed by atoms with E-state index in [1.807, 2.05) is 54.6 Å². The number of fused-ring (bicyclic) bond motifs is 1. The zero-order chi connectivity index (χ0) is 10.7. The van der Waals surface area contributed by atoms with Crippen LogP contribution in [0.5, 0.6) is 0 Å². The molecule has 15 heavy (non-hydrogen) atoms. The van der Waals surface area contributed by atoms with Crippen LogP contribution in [0.25, 0.3) is 10.8 Å². The molecule has 0 bridgehead atoms. The maximum atomic E-state index is 8.78. The Hall–Kier alpha value is -2.32. The topological polar surface area (TPSA) is 47.6 Å². The van der Waals surface area contributed by atoms with Gasteiger partial charge < -0.3 is 0 Å². The molecule has 0 aliphatic rings. The average molecular weight is 192 g/mol. The molecule has 0 unspecified atom stereocenters. The van der Waals surface area contributed by atoms with Crippen molar-refractivity contribution < 1.29 is 0 Å². The summed E-state index contributed by atoms with van der Waals surface area (Å²) in [5.41, 5.74) is 0.763. The van der Waals surface area contributed by atoms with Gasteiger partial charge in [0.2, 0.25) is 0 Å². The van der Waals surface area contributed by atoms with E-state index in [1.165, 1.54) is 0 Å². The molecule has 2 nitrogen and oxygen atoms in total. The van der Waals surface area contributed by atoms with Gasteiger partial charge in [0.15, 0.2) is 5.92 Å². The zero-order valence-electron chi connectivity index (χ0n) is 8.01. The van der Waals surface area contributed by atoms with Gasteiger partial charge in [0.1, 0.15) is 0 Å². The molecule has 2 heteroatoms. The van der Waals surface area contributed by atoms with E-state index in [2.05, 4.69) is 0 Å². The van der Waals surface area contributed by atoms with Gasteiger partial charge in [0, 0.05) is 0 Å². The lowest BCUT2D eigenvalue weighted by atomic mass is 9.99. The SMILES string of the molecule is N#CC(C#N)c1ccc2ccccc2c1. The van der Waals surface area contributed by atoms with Gasteiger partial charge >= 0.3 is 0 Å². The summed E-state index contributed by atoms with van der Waals surface area (Å²) in [5, 5.41) is 19.7. The molecule has 0 aliphatic heterocycles. The monoisotopic (exact) mass is 192 g/mol. The summed E-state index contributed by atoms with van der Waals surface area (Å²) >= 11 is 0. The summed E-state index contributed by atoms with van der Waals surface area (Å²) < 4.78 is 0. The fraction of sp³-hybridized carbons (Fsp3) is 0.0769. The molecule has 0 saturated carbocycles. The molecule has 2 aromatic rings. The van der Waals surface area contributed by atoms with E-state index in [0.29, 0.717) is 0 Å². The largest absolute Gasteiger partial charge is 0.196 e. The van der Waals surface area contributed by atoms with Gasteiger partial charge in [-0.2, -0.15) is 10.5 Å². The van der Waals surface area contributed by atoms with E-state index in [9.17, 15) is 0 Å². The van der Waals surface area contributed by atoms with E-state index in [-0.39, 0.29) is 0 Å². The molecule has 0 spiro atoms. The first-order valence-corrected chi connectivity index (χ1v) is 4.63. The van der Waals surface area contributed by atoms with Crippen LogP contribution in [0.1, 0.15) is 11.5 Å². The van der Waals surface area contributed by atoms with Crippen LogP contribution >= 0.6 is 0 Å². The quantitative estimate of drug-likeness (QED) is 0.697. The Morgan fingerprint density at radius 2 is 1.53 bits per heavy atom. The van der Waals surface area contributed by atoms with Crippen molar-refractivity contribution in [2.45, 2.75) is 5.92 Å². The lowest BCUT2D eigenvalue weighted by molar-refractivity contribution is 1.11. The number of benzene rings is 2. The average Bonchev–Trinajstić information content (AvgIpc) is 2.30. The van der Waals surface area contributed by atoms with Gasteiger partial charge in [-0.3, -0.25) is 0 Å². The summed E-state index contributed by atoms with van der Waals surface area (Å²) in [5.74, 6) is -0.672. The molecule has 0 aromatic heterocycles. The van der Waals surface area contributed by atoms with E-state index >= 15 is 0 Å². The Morgan fingerprint density at radius 1 is 0.867 bits per heavy atom. The third-order valence-corrected chi connectivity index (χ3v) is 2.37. The highest BCUT2D eigenvalue weighted by Crippen LogP contribution is 2.20. The van der Waals surface area contributed by atoms with Crippen molar-refractivity contribution >= 4 is 10.8 Å². The second-order valence-corrected chi connectivity index (χ2v) is 3.30. The Kier molecular flexibility index (Phi) is 2.35. The van der Waals surface area contributed by atoms with Gasteiger partial charge in [0.05, 0.1) is 12.1 Å². The molecular weight excluding hydrogens is 184 g/mol. The maximum Gasteiger partial charge on any atom is 0.158 e. The van der Waals surface area contributed by atoms with Crippen LogP contribution in [-0.4, -0.2) is 0 Å². The number of nitriles is 2. The molecule has 0 heterocycles. The Morgan fingerprint density at radius 3 is 2.20 bits per heavy atom. The predicted octanol–water partition coefficient (Wildman–Crippen LogP) is 2.97. The van der Waals surface area contributed by atoms with Crippen molar-refractivity contribution in [1.29, 1.82) is 10.5 Å². The molecule has 0 fully saturated rings. The van der Waals surface area contributed by atoms with E-state index in [0.717, 1.165) is 16.3 Å². The molecular formula is C13H8N2. The Bertz CT molecular complexity index is 559. The number of hydrogen-bond donors (Lipinski definition) is 0. The van der Waals surface area contributed by atoms with Crippen molar-refractivity contribution in [3.63, 3.8) is 0 Å². The predicted molar refractivity (Wildman–Crippen MR) is 57.9 cm³/mol. The number of rotatable bonds is 1. The minimum atomic E-state index is -0.672. The highest BCUT2D eigenvalue weighted by molar-refractivity contribution is 5.83. The Balaban J connectivity index is 2.58. The summed E-state index contributed by atoms with van der Waals surface area (Å²) in [6.45, 7) is 0. The molecule has 0 atom stereocenters. The van der Waals surface area contributed by atoms with Crippen LogP contribution < -0.4 is 0 Å². The highest BCUT2D eigenvalue weighted by atomic mass is 14.3. The first-order valence-electron chi connectivity index (χ1n) is 4.63. The van der Waals surface area contributed by atoms with Crippen molar-refractivity contribution in [3.05, 3.63) is 48.0 Å². The standard InChI is InChI=1S/C13H8N2/c14-8-13(9-15)12-6-5-10-3-1-2-4-11(10)7-12/h1-7,13H. The third kappa shape index (κ3) is 1.66. The second-order valence-electron chi connectivity index (χ2n) is 3.30. The minimum Gasteiger partial charge on any atom is -0.196 e. The fourth-order valence-corrected chi connectivity index (χ4v) is 1.57. The van der Waals surface area contributed by atoms with Crippen molar-refractivity contribution in [1.82, 2.24) is 0 Å². The van der Waals surface area contributed by atoms with Gasteiger partial charge in [-0.25, -0.2) is 0 Å². The molecule has 0 N–H and O–H groups in total. The fourth-order valence-electron chi connectivity index (χ4n) is 1.57. The molecule has 0 radical (unpaired) electrons. The lowest BCUT2D eigenvalue weighted by Crippen LogP contribution is -1.91. The van der Waals surface area contributed by atoms with Crippen molar-refractivity contribution in [2.24, 2.45) is 0 Å². The summed E-state index contributed by atoms with van der Waals surface area (Å²) in [6.07, 6.45) is 0. The third-order valence-electron chi connectivity index (χ3n) is 2.37. The first kappa shape index (κ1) is 9.24. The van der Waals surface area contributed by atoms with Crippen LogP contribution in [0, 0.1) is 22.7 Å². The van der Waals surface area contributed by atoms with E-state index in [1.54, 1.807) is 0 Å². The van der Waals surface area contributed by atoms with E-state index in [4.69, 9.17) is 10.5 Å². The lowest BCUT2D eigenvalue weighted by Gasteiger charge is -2.02. The molecule has 2 rings (SSSR count). The smallest absolute Gasteiger partial charge is 0.158 e. The van der Waals surface area contributed by atoms with Crippen molar-refractivity contribution in [3.8, 4) is 12.1 Å². The summed E-state index contributed by atoms with van der Waals surface area (Å²) in [4.78, 5) is 0. The molecule has 0 saturated heterocycles. The number of nitrogens with zero attached hydrogens (tertiary/aromatic N) is 2. The van der Waals surface area contributed by atoms with Gasteiger partial charge in [-0.1, -0.05) is 36.4 Å². The normalized spacial score (nSPS) is 9.80. The molecule has 0 aliphatic carbocycles. The van der Waals surface area contributed by atoms with Crippen LogP contribution in [-0.2, 0) is 0 Å².